The predicted molar refractivity (Wildman–Crippen MR) is 103 cm³/mol. The molecule has 2 aromatic rings. The van der Waals surface area contributed by atoms with Crippen molar-refractivity contribution in [1.29, 1.82) is 0 Å². The maximum absolute atomic E-state index is 11.4. The first-order chi connectivity index (χ1) is 12.6. The first kappa shape index (κ1) is 19.2. The smallest absolute Gasteiger partial charge is 0.139 e. The van der Waals surface area contributed by atoms with Crippen LogP contribution in [-0.4, -0.2) is 43.6 Å². The number of carbonyl (C=O) groups is 1. The van der Waals surface area contributed by atoms with Crippen LogP contribution in [-0.2, 0) is 22.5 Å². The maximum atomic E-state index is 11.4. The van der Waals surface area contributed by atoms with Gasteiger partial charge in [-0.15, -0.1) is 0 Å². The topological polar surface area (TPSA) is 38.8 Å². The summed E-state index contributed by atoms with van der Waals surface area (Å²) in [5.41, 5.74) is 2.16. The van der Waals surface area contributed by atoms with E-state index in [9.17, 15) is 4.79 Å². The lowest BCUT2D eigenvalue weighted by molar-refractivity contribution is -0.123. The van der Waals surface area contributed by atoms with Crippen LogP contribution in [0.5, 0.6) is 5.75 Å². The van der Waals surface area contributed by atoms with Gasteiger partial charge >= 0.3 is 0 Å². The van der Waals surface area contributed by atoms with E-state index in [1.807, 2.05) is 36.4 Å². The number of hydrogen-bond donors (Lipinski definition) is 0. The lowest BCUT2D eigenvalue weighted by Crippen LogP contribution is -2.50. The van der Waals surface area contributed by atoms with E-state index >= 15 is 0 Å². The number of aldehydes is 1. The van der Waals surface area contributed by atoms with Crippen molar-refractivity contribution in [2.24, 2.45) is 0 Å². The molecule has 1 heterocycles. The fourth-order valence-corrected chi connectivity index (χ4v) is 3.75. The summed E-state index contributed by atoms with van der Waals surface area (Å²) in [5, 5.41) is 1.23. The Balaban J connectivity index is 1.68. The lowest BCUT2D eigenvalue weighted by atomic mass is 10.0. The van der Waals surface area contributed by atoms with Crippen LogP contribution in [0.4, 0.5) is 0 Å². The van der Waals surface area contributed by atoms with Gasteiger partial charge in [0.15, 0.2) is 0 Å². The third kappa shape index (κ3) is 4.98. The molecule has 0 aliphatic carbocycles. The summed E-state index contributed by atoms with van der Waals surface area (Å²) >= 11 is 12.2. The first-order valence-electron chi connectivity index (χ1n) is 8.46. The Morgan fingerprint density at radius 1 is 1.15 bits per heavy atom. The summed E-state index contributed by atoms with van der Waals surface area (Å²) in [4.78, 5) is 13.6. The summed E-state index contributed by atoms with van der Waals surface area (Å²) in [6.07, 6.45) is 1.64. The van der Waals surface area contributed by atoms with Crippen LogP contribution in [0.3, 0.4) is 0 Å². The van der Waals surface area contributed by atoms with Crippen LogP contribution in [0.25, 0.3) is 0 Å². The van der Waals surface area contributed by atoms with E-state index in [1.165, 1.54) is 0 Å². The van der Waals surface area contributed by atoms with Crippen molar-refractivity contribution in [2.45, 2.75) is 25.1 Å². The quantitative estimate of drug-likeness (QED) is 0.694. The molecule has 1 aliphatic rings. The number of nitrogens with zero attached hydrogens (tertiary/aromatic N) is 1. The Labute approximate surface area is 163 Å². The zero-order valence-electron chi connectivity index (χ0n) is 14.5. The Morgan fingerprint density at radius 3 is 2.46 bits per heavy atom. The van der Waals surface area contributed by atoms with E-state index in [0.29, 0.717) is 36.2 Å². The fraction of sp³-hybridized carbons (Fsp3) is 0.350. The molecule has 0 N–H and O–H groups in total. The molecule has 1 saturated heterocycles. The molecule has 1 aliphatic heterocycles. The van der Waals surface area contributed by atoms with Gasteiger partial charge in [0.05, 0.1) is 25.9 Å². The van der Waals surface area contributed by atoms with E-state index < -0.39 is 0 Å². The minimum Gasteiger partial charge on any atom is -0.497 e. The Kier molecular flexibility index (Phi) is 6.54. The first-order valence-corrected chi connectivity index (χ1v) is 9.22. The van der Waals surface area contributed by atoms with Gasteiger partial charge in [0.2, 0.25) is 0 Å². The number of halogens is 2. The third-order valence-corrected chi connectivity index (χ3v) is 4.93. The van der Waals surface area contributed by atoms with Crippen LogP contribution >= 0.6 is 23.2 Å². The van der Waals surface area contributed by atoms with E-state index in [0.717, 1.165) is 23.2 Å². The van der Waals surface area contributed by atoms with E-state index in [4.69, 9.17) is 32.7 Å². The van der Waals surface area contributed by atoms with Gasteiger partial charge in [-0.1, -0.05) is 35.3 Å². The minimum absolute atomic E-state index is 0.0148. The van der Waals surface area contributed by atoms with Crippen molar-refractivity contribution in [3.8, 4) is 5.75 Å². The highest BCUT2D eigenvalue weighted by Crippen LogP contribution is 2.23. The summed E-state index contributed by atoms with van der Waals surface area (Å²) in [6.45, 7) is 1.74. The highest BCUT2D eigenvalue weighted by molar-refractivity contribution is 6.34. The zero-order valence-corrected chi connectivity index (χ0v) is 16.0. The van der Waals surface area contributed by atoms with Gasteiger partial charge < -0.3 is 14.3 Å². The van der Waals surface area contributed by atoms with Gasteiger partial charge in [-0.2, -0.15) is 0 Å². The third-order valence-electron chi connectivity index (χ3n) is 4.50. The number of methoxy groups -OCH3 is 1. The molecule has 138 valence electrons. The molecule has 2 atom stereocenters. The molecule has 3 rings (SSSR count). The van der Waals surface area contributed by atoms with Crippen molar-refractivity contribution in [2.75, 3.05) is 20.3 Å². The van der Waals surface area contributed by atoms with Crippen LogP contribution in [0, 0.1) is 0 Å². The largest absolute Gasteiger partial charge is 0.497 e. The monoisotopic (exact) mass is 393 g/mol. The molecule has 1 fully saturated rings. The van der Waals surface area contributed by atoms with Gasteiger partial charge in [0.1, 0.15) is 12.0 Å². The molecule has 0 amide bonds. The summed E-state index contributed by atoms with van der Waals surface area (Å²) < 4.78 is 11.1. The molecule has 1 unspecified atom stereocenters. The Hall–Kier alpha value is -1.59. The second kappa shape index (κ2) is 8.87. The zero-order chi connectivity index (χ0) is 18.5. The molecular weight excluding hydrogens is 373 g/mol. The maximum Gasteiger partial charge on any atom is 0.139 e. The predicted octanol–water partition coefficient (Wildman–Crippen LogP) is 4.01. The Bertz CT molecular complexity index is 731. The lowest BCUT2D eigenvalue weighted by Gasteiger charge is -2.37. The van der Waals surface area contributed by atoms with E-state index in [1.54, 1.807) is 13.2 Å². The number of morpholine rings is 1. The number of rotatable bonds is 6. The molecule has 4 nitrogen and oxygen atoms in total. The Morgan fingerprint density at radius 2 is 1.85 bits per heavy atom. The fourth-order valence-electron chi connectivity index (χ4n) is 3.18. The second-order valence-electron chi connectivity index (χ2n) is 6.42. The molecular formula is C20H21Cl2NO3. The van der Waals surface area contributed by atoms with Crippen molar-refractivity contribution < 1.29 is 14.3 Å². The standard InChI is InChI=1S/C20H21Cl2NO3/c1-25-19-4-2-14(3-5-19)10-23-11-20(26-13-18(23)12-24)8-15-6-16(21)9-17(22)7-15/h2-7,9,12,18,20H,8,10-11,13H2,1H3/t18?,20-/m1/s1. The van der Waals surface area contributed by atoms with E-state index in [-0.39, 0.29) is 12.1 Å². The van der Waals surface area contributed by atoms with Crippen molar-refractivity contribution in [3.63, 3.8) is 0 Å². The second-order valence-corrected chi connectivity index (χ2v) is 7.29. The van der Waals surface area contributed by atoms with Crippen LogP contribution in [0.1, 0.15) is 11.1 Å². The van der Waals surface area contributed by atoms with Crippen LogP contribution in [0.2, 0.25) is 10.0 Å². The average molecular weight is 394 g/mol. The van der Waals surface area contributed by atoms with Crippen LogP contribution < -0.4 is 4.74 Å². The normalized spacial score (nSPS) is 20.7. The van der Waals surface area contributed by atoms with Crippen molar-refractivity contribution in [3.05, 3.63) is 63.6 Å². The number of benzene rings is 2. The van der Waals surface area contributed by atoms with Crippen LogP contribution in [0.15, 0.2) is 42.5 Å². The molecule has 6 heteroatoms. The molecule has 0 bridgehead atoms. The average Bonchev–Trinajstić information content (AvgIpc) is 2.62. The molecule has 0 saturated carbocycles. The van der Waals surface area contributed by atoms with Gasteiger partial charge in [0, 0.05) is 23.1 Å². The number of carbonyl (C=O) groups excluding carboxylic acids is 1. The molecule has 0 radical (unpaired) electrons. The number of ether oxygens (including phenoxy) is 2. The van der Waals surface area contributed by atoms with E-state index in [2.05, 4.69) is 4.90 Å². The summed E-state index contributed by atoms with van der Waals surface area (Å²) in [5.74, 6) is 0.818. The minimum atomic E-state index is -0.240. The van der Waals surface area contributed by atoms with Gasteiger partial charge in [0.25, 0.3) is 0 Å². The van der Waals surface area contributed by atoms with Crippen molar-refractivity contribution in [1.82, 2.24) is 4.90 Å². The molecule has 0 aromatic heterocycles. The SMILES string of the molecule is COc1ccc(CN2C[C@@H](Cc3cc(Cl)cc(Cl)c3)OCC2C=O)cc1. The summed E-state index contributed by atoms with van der Waals surface area (Å²) in [6, 6.07) is 13.2. The van der Waals surface area contributed by atoms with Gasteiger partial charge in [-0.05, 0) is 47.9 Å². The number of hydrogen-bond acceptors (Lipinski definition) is 4. The van der Waals surface area contributed by atoms with Crippen molar-refractivity contribution >= 4 is 29.5 Å². The highest BCUT2D eigenvalue weighted by atomic mass is 35.5. The molecule has 26 heavy (non-hydrogen) atoms. The molecule has 0 spiro atoms. The molecule has 2 aromatic carbocycles. The van der Waals surface area contributed by atoms with Gasteiger partial charge in [-0.25, -0.2) is 0 Å². The highest BCUT2D eigenvalue weighted by Gasteiger charge is 2.29. The summed E-state index contributed by atoms with van der Waals surface area (Å²) in [7, 11) is 1.64. The van der Waals surface area contributed by atoms with Gasteiger partial charge in [-0.3, -0.25) is 4.90 Å².